The first-order chi connectivity index (χ1) is 8.62. The fourth-order valence-electron chi connectivity index (χ4n) is 2.33. The molecular weight excluding hydrogens is 284 g/mol. The molecule has 0 amide bonds. The molecule has 0 saturated heterocycles. The molecular formula is C13H21ClN2O2S. The molecule has 0 saturated carbocycles. The quantitative estimate of drug-likeness (QED) is 0.869. The SMILES string of the molecule is CCCS(=O)(=O)NCC1NCCc2ccccc21.Cl. The van der Waals surface area contributed by atoms with Crippen LogP contribution < -0.4 is 10.0 Å². The molecule has 1 unspecified atom stereocenters. The van der Waals surface area contributed by atoms with Gasteiger partial charge in [0.15, 0.2) is 0 Å². The number of halogens is 1. The maximum atomic E-state index is 11.6. The van der Waals surface area contributed by atoms with E-state index in [9.17, 15) is 8.42 Å². The van der Waals surface area contributed by atoms with Gasteiger partial charge in [0.05, 0.1) is 5.75 Å². The molecule has 4 nitrogen and oxygen atoms in total. The lowest BCUT2D eigenvalue weighted by molar-refractivity contribution is 0.491. The molecule has 1 aromatic rings. The Kier molecular flexibility index (Phi) is 6.26. The van der Waals surface area contributed by atoms with E-state index in [4.69, 9.17) is 0 Å². The van der Waals surface area contributed by atoms with Crippen LogP contribution in [0, 0.1) is 0 Å². The molecule has 2 N–H and O–H groups in total. The topological polar surface area (TPSA) is 58.2 Å². The van der Waals surface area contributed by atoms with Gasteiger partial charge in [-0.1, -0.05) is 31.2 Å². The van der Waals surface area contributed by atoms with Gasteiger partial charge in [-0.3, -0.25) is 0 Å². The van der Waals surface area contributed by atoms with Crippen molar-refractivity contribution >= 4 is 22.4 Å². The highest BCUT2D eigenvalue weighted by Crippen LogP contribution is 2.21. The monoisotopic (exact) mass is 304 g/mol. The molecule has 6 heteroatoms. The minimum Gasteiger partial charge on any atom is -0.308 e. The zero-order valence-electron chi connectivity index (χ0n) is 11.1. The van der Waals surface area contributed by atoms with Crippen molar-refractivity contribution in [2.24, 2.45) is 0 Å². The van der Waals surface area contributed by atoms with Crippen molar-refractivity contribution < 1.29 is 8.42 Å². The normalized spacial score (nSPS) is 18.5. The zero-order valence-corrected chi connectivity index (χ0v) is 12.7. The Balaban J connectivity index is 0.00000180. The number of hydrogen-bond donors (Lipinski definition) is 2. The number of rotatable bonds is 5. The van der Waals surface area contributed by atoms with E-state index in [-0.39, 0.29) is 24.2 Å². The molecule has 108 valence electrons. The van der Waals surface area contributed by atoms with Crippen molar-refractivity contribution in [1.82, 2.24) is 10.0 Å². The largest absolute Gasteiger partial charge is 0.308 e. The number of sulfonamides is 1. The summed E-state index contributed by atoms with van der Waals surface area (Å²) in [6, 6.07) is 8.30. The summed E-state index contributed by atoms with van der Waals surface area (Å²) in [5.74, 6) is 0.196. The molecule has 0 spiro atoms. The maximum Gasteiger partial charge on any atom is 0.211 e. The second-order valence-corrected chi connectivity index (χ2v) is 6.55. The Morgan fingerprint density at radius 1 is 1.37 bits per heavy atom. The minimum absolute atomic E-state index is 0. The fraction of sp³-hybridized carbons (Fsp3) is 0.538. The number of benzene rings is 1. The van der Waals surface area contributed by atoms with E-state index in [1.54, 1.807) is 0 Å². The van der Waals surface area contributed by atoms with Gasteiger partial charge < -0.3 is 5.32 Å². The van der Waals surface area contributed by atoms with Gasteiger partial charge in [0.25, 0.3) is 0 Å². The van der Waals surface area contributed by atoms with E-state index >= 15 is 0 Å². The van der Waals surface area contributed by atoms with Gasteiger partial charge >= 0.3 is 0 Å². The molecule has 0 aliphatic carbocycles. The summed E-state index contributed by atoms with van der Waals surface area (Å²) in [5, 5.41) is 3.36. The second-order valence-electron chi connectivity index (χ2n) is 4.62. The average molecular weight is 305 g/mol. The van der Waals surface area contributed by atoms with Crippen LogP contribution in [0.4, 0.5) is 0 Å². The Labute approximate surface area is 121 Å². The van der Waals surface area contributed by atoms with Crippen molar-refractivity contribution in [1.29, 1.82) is 0 Å². The Morgan fingerprint density at radius 2 is 2.11 bits per heavy atom. The smallest absolute Gasteiger partial charge is 0.211 e. The van der Waals surface area contributed by atoms with Crippen molar-refractivity contribution in [3.8, 4) is 0 Å². The molecule has 0 aromatic heterocycles. The summed E-state index contributed by atoms with van der Waals surface area (Å²) in [7, 11) is -3.12. The predicted molar refractivity (Wildman–Crippen MR) is 80.2 cm³/mol. The van der Waals surface area contributed by atoms with Crippen LogP contribution in [0.1, 0.15) is 30.5 Å². The summed E-state index contributed by atoms with van der Waals surface area (Å²) in [6.07, 6.45) is 1.65. The van der Waals surface area contributed by atoms with E-state index in [1.165, 1.54) is 11.1 Å². The molecule has 2 rings (SSSR count). The van der Waals surface area contributed by atoms with Gasteiger partial charge in [-0.15, -0.1) is 12.4 Å². The van der Waals surface area contributed by atoms with Gasteiger partial charge in [-0.2, -0.15) is 0 Å². The molecule has 0 radical (unpaired) electrons. The van der Waals surface area contributed by atoms with Crippen LogP contribution >= 0.6 is 12.4 Å². The maximum absolute atomic E-state index is 11.6. The highest BCUT2D eigenvalue weighted by Gasteiger charge is 2.20. The first-order valence-corrected chi connectivity index (χ1v) is 8.06. The van der Waals surface area contributed by atoms with Gasteiger partial charge in [-0.25, -0.2) is 13.1 Å². The average Bonchev–Trinajstić information content (AvgIpc) is 2.36. The summed E-state index contributed by atoms with van der Waals surface area (Å²) in [4.78, 5) is 0. The number of hydrogen-bond acceptors (Lipinski definition) is 3. The number of fused-ring (bicyclic) bond motifs is 1. The lowest BCUT2D eigenvalue weighted by Gasteiger charge is -2.27. The Morgan fingerprint density at radius 3 is 2.84 bits per heavy atom. The van der Waals surface area contributed by atoms with Crippen LogP contribution in [0.3, 0.4) is 0 Å². The minimum atomic E-state index is -3.12. The van der Waals surface area contributed by atoms with Crippen molar-refractivity contribution in [3.05, 3.63) is 35.4 Å². The van der Waals surface area contributed by atoms with Crippen LogP contribution in [0.15, 0.2) is 24.3 Å². The van der Waals surface area contributed by atoms with E-state index in [2.05, 4.69) is 22.2 Å². The molecule has 0 fully saturated rings. The third-order valence-electron chi connectivity index (χ3n) is 3.20. The molecule has 0 bridgehead atoms. The molecule has 1 atom stereocenters. The number of nitrogens with one attached hydrogen (secondary N) is 2. The lowest BCUT2D eigenvalue weighted by Crippen LogP contribution is -2.39. The molecule has 1 heterocycles. The van der Waals surface area contributed by atoms with Crippen LogP contribution in [0.5, 0.6) is 0 Å². The van der Waals surface area contributed by atoms with Crippen LogP contribution in [0.25, 0.3) is 0 Å². The standard InChI is InChI=1S/C13H20N2O2S.ClH/c1-2-9-18(16,17)15-10-13-12-6-4-3-5-11(12)7-8-14-13;/h3-6,13-15H,2,7-10H2,1H3;1H. The fourth-order valence-corrected chi connectivity index (χ4v) is 3.43. The van der Waals surface area contributed by atoms with Crippen molar-refractivity contribution in [2.45, 2.75) is 25.8 Å². The summed E-state index contributed by atoms with van der Waals surface area (Å²) < 4.78 is 26.0. The van der Waals surface area contributed by atoms with E-state index in [0.29, 0.717) is 13.0 Å². The van der Waals surface area contributed by atoms with E-state index < -0.39 is 10.0 Å². The van der Waals surface area contributed by atoms with Crippen LogP contribution in [0.2, 0.25) is 0 Å². The molecule has 1 aliphatic rings. The van der Waals surface area contributed by atoms with Gasteiger partial charge in [0, 0.05) is 12.6 Å². The highest BCUT2D eigenvalue weighted by atomic mass is 35.5. The van der Waals surface area contributed by atoms with Crippen molar-refractivity contribution in [2.75, 3.05) is 18.8 Å². The Hall–Kier alpha value is -0.620. The van der Waals surface area contributed by atoms with Crippen LogP contribution in [-0.4, -0.2) is 27.3 Å². The first-order valence-electron chi connectivity index (χ1n) is 6.41. The lowest BCUT2D eigenvalue weighted by atomic mass is 9.95. The highest BCUT2D eigenvalue weighted by molar-refractivity contribution is 7.89. The zero-order chi connectivity index (χ0) is 13.0. The Bertz CT molecular complexity index is 505. The second kappa shape index (κ2) is 7.24. The summed E-state index contributed by atoms with van der Waals surface area (Å²) >= 11 is 0. The molecule has 19 heavy (non-hydrogen) atoms. The summed E-state index contributed by atoms with van der Waals surface area (Å²) in [6.45, 7) is 3.20. The molecule has 1 aliphatic heterocycles. The molecule has 1 aromatic carbocycles. The third-order valence-corrected chi connectivity index (χ3v) is 4.75. The van der Waals surface area contributed by atoms with Crippen LogP contribution in [-0.2, 0) is 16.4 Å². The van der Waals surface area contributed by atoms with E-state index in [0.717, 1.165) is 13.0 Å². The van der Waals surface area contributed by atoms with E-state index in [1.807, 2.05) is 19.1 Å². The third kappa shape index (κ3) is 4.45. The van der Waals surface area contributed by atoms with Gasteiger partial charge in [0.2, 0.25) is 10.0 Å². The summed E-state index contributed by atoms with van der Waals surface area (Å²) in [5.41, 5.74) is 2.53. The van der Waals surface area contributed by atoms with Gasteiger partial charge in [0.1, 0.15) is 0 Å². The van der Waals surface area contributed by atoms with Gasteiger partial charge in [-0.05, 0) is 30.5 Å². The predicted octanol–water partition coefficient (Wildman–Crippen LogP) is 1.62. The first kappa shape index (κ1) is 16.4. The van der Waals surface area contributed by atoms with Crippen molar-refractivity contribution in [3.63, 3.8) is 0 Å².